The molecule has 0 heterocycles. The van der Waals surface area contributed by atoms with Crippen molar-refractivity contribution >= 4 is 90.9 Å². The third-order valence-corrected chi connectivity index (χ3v) is 26.8. The van der Waals surface area contributed by atoms with E-state index in [2.05, 4.69) is 57.7 Å². The molecule has 0 radical (unpaired) electrons. The van der Waals surface area contributed by atoms with Crippen molar-refractivity contribution in [2.24, 2.45) is 0 Å². The smallest absolute Gasteiger partial charge is 0.377 e. The molecule has 41 nitrogen and oxygen atoms in total. The van der Waals surface area contributed by atoms with Crippen LogP contribution in [0.5, 0.6) is 0 Å². The first-order valence-corrected chi connectivity index (χ1v) is 53.5. The first-order chi connectivity index (χ1) is 66.6. The van der Waals surface area contributed by atoms with Crippen molar-refractivity contribution in [3.05, 3.63) is 0 Å². The van der Waals surface area contributed by atoms with Gasteiger partial charge in [0.25, 0.3) is 0 Å². The van der Waals surface area contributed by atoms with Gasteiger partial charge in [0.2, 0.25) is 53.2 Å². The number of nitrogens with one attached hydrogen (secondary N) is 9. The second-order valence-corrected chi connectivity index (χ2v) is 41.8. The largest absolute Gasteiger partial charge is 0.500 e. The molecular weight excluding hydrogens is 1810 g/mol. The number of hydrogen-bond acceptors (Lipinski definition) is 32. The molecule has 0 aliphatic rings. The first-order valence-electron chi connectivity index (χ1n) is 51.6. The van der Waals surface area contributed by atoms with Crippen LogP contribution in [-0.2, 0) is 80.4 Å². The number of hydrogen-bond donors (Lipinski definition) is 9. The van der Waals surface area contributed by atoms with Gasteiger partial charge in [-0.25, -0.2) is 0 Å². The van der Waals surface area contributed by atoms with E-state index in [4.69, 9.17) is 13.3 Å². The van der Waals surface area contributed by atoms with Gasteiger partial charge in [0.05, 0.1) is 0 Å². The van der Waals surface area contributed by atoms with E-state index in [1.807, 2.05) is 183 Å². The van der Waals surface area contributed by atoms with Gasteiger partial charge in [-0.15, -0.1) is 0 Å². The second-order valence-electron chi connectivity index (χ2n) is 38.8. The van der Waals surface area contributed by atoms with Gasteiger partial charge in [-0.05, 0) is 197 Å². The number of likely N-dealkylation sites (N-methyl/N-ethyl adjacent to an activating group) is 5. The Hall–Kier alpha value is -6.92. The van der Waals surface area contributed by atoms with Crippen LogP contribution >= 0.6 is 0 Å². The number of Topliss-reactive ketones (excluding diaryl/α,β-unsaturated/α-hetero) is 5. The van der Waals surface area contributed by atoms with E-state index >= 15 is 0 Å². The Balaban J connectivity index is 7.01. The molecular formula is C98H196N24O17Si. The van der Waals surface area contributed by atoms with E-state index in [0.29, 0.717) is 247 Å². The Morgan fingerprint density at radius 3 is 0.500 bits per heavy atom. The summed E-state index contributed by atoms with van der Waals surface area (Å²) in [5.74, 6) is -1.05. The Morgan fingerprint density at radius 1 is 0.186 bits per heavy atom. The quantitative estimate of drug-likeness (QED) is 0.0347. The zero-order chi connectivity index (χ0) is 105. The fourth-order valence-corrected chi connectivity index (χ4v) is 17.0. The van der Waals surface area contributed by atoms with Gasteiger partial charge < -0.3 is 135 Å². The lowest BCUT2D eigenvalue weighted by Gasteiger charge is -2.28. The molecule has 0 atom stereocenters. The molecule has 0 rings (SSSR count). The minimum atomic E-state index is -3.06. The standard InChI is InChI=1S/C98H196N24O17Si/c1-20-139-140(137-18,138-19)84-26-60-118(68-39-95(133)104-51-80-120(64-35-88(126)30-24-58-116(61-32-85(123)27-21-55-108(2)3)66-37-90(128)99-46-75-111(8)9)71-42-97(135)106-53-82-119(63-34-87(125)29-23-57-110(6)7)70-41-92(130)101-48-77-113(12)13)69-40-96(134)105-52-81-121(65-36-89(127)31-25-59-117(62-33-86(124)28-22-56-109(4)5)67-38-91(129)100-47-76-112(10)11)72-43-98(136)107-54-83-122(73-44-93(131)102-49-78-114(14)15)74-45-94(132)103-50-79-115(16)17/h20-84H2,1-19H3,(H,99,128)(H,100,129)(H,101,130)(H,102,131)(H,103,132)(H,104,133)(H,105,134)(H,106,135)(H,107,136). The van der Waals surface area contributed by atoms with E-state index in [9.17, 15) is 67.1 Å². The number of nitrogens with zero attached hydrogens (tertiary/aromatic N) is 15. The average molecular weight is 2010 g/mol. The average Bonchev–Trinajstić information content (AvgIpc) is 0.880. The van der Waals surface area contributed by atoms with Gasteiger partial charge in [-0.1, -0.05) is 0 Å². The summed E-state index contributed by atoms with van der Waals surface area (Å²) < 4.78 is 17.7. The number of rotatable bonds is 97. The fraction of sp³-hybridized carbons (Fsp3) is 0.857. The van der Waals surface area contributed by atoms with Crippen molar-refractivity contribution in [3.63, 3.8) is 0 Å². The third kappa shape index (κ3) is 82.4. The molecule has 0 aliphatic carbocycles. The van der Waals surface area contributed by atoms with Gasteiger partial charge in [0, 0.05) is 358 Å². The molecule has 140 heavy (non-hydrogen) atoms. The van der Waals surface area contributed by atoms with Crippen LogP contribution in [0.1, 0.15) is 167 Å². The van der Waals surface area contributed by atoms with Gasteiger partial charge in [0.15, 0.2) is 0 Å². The predicted octanol–water partition coefficient (Wildman–Crippen LogP) is -0.495. The molecule has 0 aliphatic heterocycles. The zero-order valence-corrected chi connectivity index (χ0v) is 91.6. The minimum Gasteiger partial charge on any atom is -0.377 e. The monoisotopic (exact) mass is 2010 g/mol. The molecule has 9 amide bonds. The summed E-state index contributed by atoms with van der Waals surface area (Å²) in [7, 11) is 31.2. The number of carbonyl (C=O) groups is 14. The Kier molecular flexibility index (Phi) is 81.1. The molecule has 0 aromatic carbocycles. The van der Waals surface area contributed by atoms with E-state index in [1.165, 1.54) is 0 Å². The van der Waals surface area contributed by atoms with Crippen LogP contribution in [-0.4, -0.2) is 547 Å². The van der Waals surface area contributed by atoms with Crippen LogP contribution in [0.2, 0.25) is 6.04 Å². The van der Waals surface area contributed by atoms with E-state index < -0.39 is 8.80 Å². The molecule has 0 fully saturated rings. The lowest BCUT2D eigenvalue weighted by Crippen LogP contribution is -2.44. The highest BCUT2D eigenvalue weighted by Crippen LogP contribution is 2.18. The molecule has 814 valence electrons. The highest BCUT2D eigenvalue weighted by atomic mass is 28.4. The van der Waals surface area contributed by atoms with E-state index in [-0.39, 0.29) is 218 Å². The zero-order valence-electron chi connectivity index (χ0n) is 90.6. The highest BCUT2D eigenvalue weighted by molar-refractivity contribution is 6.60. The van der Waals surface area contributed by atoms with Crippen molar-refractivity contribution in [1.29, 1.82) is 0 Å². The summed E-state index contributed by atoms with van der Waals surface area (Å²) in [4.78, 5) is 217. The summed E-state index contributed by atoms with van der Waals surface area (Å²) in [6.07, 6.45) is 8.41. The Morgan fingerprint density at radius 2 is 0.336 bits per heavy atom. The van der Waals surface area contributed by atoms with Crippen molar-refractivity contribution in [3.8, 4) is 0 Å². The number of ketones is 5. The molecule has 0 unspecified atom stereocenters. The topological polar surface area (TPSA) is 424 Å². The molecule has 0 saturated heterocycles. The van der Waals surface area contributed by atoms with E-state index in [0.717, 1.165) is 38.9 Å². The molecule has 0 spiro atoms. The molecule has 0 aromatic rings. The molecule has 0 aromatic heterocycles. The van der Waals surface area contributed by atoms with Crippen LogP contribution in [0.15, 0.2) is 0 Å². The normalized spacial score (nSPS) is 12.0. The fourth-order valence-electron chi connectivity index (χ4n) is 15.0. The van der Waals surface area contributed by atoms with Crippen molar-refractivity contribution in [1.82, 2.24) is 121 Å². The van der Waals surface area contributed by atoms with Crippen LogP contribution in [0.25, 0.3) is 0 Å². The van der Waals surface area contributed by atoms with Gasteiger partial charge in [-0.3, -0.25) is 67.1 Å². The lowest BCUT2D eigenvalue weighted by molar-refractivity contribution is -0.123. The van der Waals surface area contributed by atoms with E-state index in [1.54, 1.807) is 14.2 Å². The SMILES string of the molecule is CCO[Si](CCCN(CCC(=O)NCCN(CCC(=O)CCCN(CCC(=O)CCCN(C)C)CCC(=O)NCCN(C)C)CCC(=O)NCCN(CCC(=O)CCCN(C)C)CCC(=O)NCCN(C)C)CCC(=O)NCCN(CCC(=O)CCCN(CCC(=O)CCCN(C)C)CCC(=O)NCCN(C)C)CCC(=O)NCCN(CCC(=O)NCCN(C)C)CCC(=O)NCCN(C)C)(OC)OC. The number of amides is 9. The third-order valence-electron chi connectivity index (χ3n) is 23.8. The summed E-state index contributed by atoms with van der Waals surface area (Å²) in [5, 5.41) is 27.0. The van der Waals surface area contributed by atoms with Gasteiger partial charge >= 0.3 is 8.80 Å². The van der Waals surface area contributed by atoms with Crippen molar-refractivity contribution < 1.29 is 80.4 Å². The predicted molar refractivity (Wildman–Crippen MR) is 557 cm³/mol. The maximum absolute atomic E-state index is 14.1. The maximum Gasteiger partial charge on any atom is 0.500 e. The Bertz CT molecular complexity index is 2880. The van der Waals surface area contributed by atoms with Gasteiger partial charge in [0.1, 0.15) is 28.9 Å². The van der Waals surface area contributed by atoms with Crippen molar-refractivity contribution in [2.45, 2.75) is 173 Å². The van der Waals surface area contributed by atoms with Crippen LogP contribution in [0.4, 0.5) is 0 Å². The second kappa shape index (κ2) is 85.3. The van der Waals surface area contributed by atoms with Crippen LogP contribution < -0.4 is 47.9 Å². The molecule has 0 bridgehead atoms. The highest BCUT2D eigenvalue weighted by Gasteiger charge is 2.38. The minimum absolute atomic E-state index is 0.000293. The molecule has 0 saturated carbocycles. The molecule has 9 N–H and O–H groups in total. The van der Waals surface area contributed by atoms with Crippen LogP contribution in [0.3, 0.4) is 0 Å². The molecule has 42 heteroatoms. The first kappa shape index (κ1) is 133. The maximum atomic E-state index is 14.1. The number of carbonyl (C=O) groups excluding carboxylic acids is 14. The van der Waals surface area contributed by atoms with Crippen LogP contribution in [0, 0.1) is 0 Å². The summed E-state index contributed by atoms with van der Waals surface area (Å²) in [6.45, 7) is 19.4. The van der Waals surface area contributed by atoms with Crippen molar-refractivity contribution in [2.75, 3.05) is 382 Å². The Labute approximate surface area is 844 Å². The lowest BCUT2D eigenvalue weighted by atomic mass is 10.1. The van der Waals surface area contributed by atoms with Gasteiger partial charge in [-0.2, -0.15) is 0 Å². The summed E-state index contributed by atoms with van der Waals surface area (Å²) in [6, 6.07) is 0.464. The summed E-state index contributed by atoms with van der Waals surface area (Å²) >= 11 is 0. The summed E-state index contributed by atoms with van der Waals surface area (Å²) in [5.41, 5.74) is 0.